The lowest BCUT2D eigenvalue weighted by molar-refractivity contribution is 0.308. The summed E-state index contributed by atoms with van der Waals surface area (Å²) in [5.74, 6) is -1.59. The van der Waals surface area contributed by atoms with E-state index in [4.69, 9.17) is 15.2 Å². The Kier molecular flexibility index (Phi) is 8.87. The Bertz CT molecular complexity index is 1580. The highest BCUT2D eigenvalue weighted by atomic mass is 32.2. The molecule has 3 N–H and O–H groups in total. The summed E-state index contributed by atoms with van der Waals surface area (Å²) in [6, 6.07) is 7.39. The van der Waals surface area contributed by atoms with Crippen LogP contribution in [0.4, 0.5) is 14.5 Å². The van der Waals surface area contributed by atoms with E-state index in [1.54, 1.807) is 6.07 Å². The smallest absolute Gasteiger partial charge is 0.264 e. The molecule has 0 unspecified atom stereocenters. The quantitative estimate of drug-likeness (QED) is 0.233. The lowest BCUT2D eigenvalue weighted by Gasteiger charge is -2.15. The minimum atomic E-state index is -4.43. The SMILES string of the molecule is COc1ncc(-c2cc(OCCCCCCN)c3ncnc(C)c3c2)cc1NS(=O)(=O)c1ccc(F)cc1F. The third-order valence-electron chi connectivity index (χ3n) is 6.06. The minimum absolute atomic E-state index is 0.0257. The second-order valence-electron chi connectivity index (χ2n) is 8.84. The van der Waals surface area contributed by atoms with Crippen LogP contribution in [-0.4, -0.2) is 43.6 Å². The van der Waals surface area contributed by atoms with Gasteiger partial charge in [0.05, 0.1) is 13.7 Å². The van der Waals surface area contributed by atoms with Crippen LogP contribution >= 0.6 is 0 Å². The number of hydrogen-bond acceptors (Lipinski definition) is 8. The van der Waals surface area contributed by atoms with Crippen molar-refractivity contribution in [1.29, 1.82) is 0 Å². The average molecular weight is 558 g/mol. The highest BCUT2D eigenvalue weighted by Crippen LogP contribution is 2.35. The number of benzene rings is 2. The zero-order valence-electron chi connectivity index (χ0n) is 21.6. The summed E-state index contributed by atoms with van der Waals surface area (Å²) < 4.78 is 67.1. The van der Waals surface area contributed by atoms with Crippen LogP contribution in [0.1, 0.15) is 31.4 Å². The minimum Gasteiger partial charge on any atom is -0.491 e. The van der Waals surface area contributed by atoms with E-state index in [-0.39, 0.29) is 11.6 Å². The molecule has 39 heavy (non-hydrogen) atoms. The van der Waals surface area contributed by atoms with Crippen LogP contribution in [-0.2, 0) is 10.0 Å². The molecular weight excluding hydrogens is 528 g/mol. The van der Waals surface area contributed by atoms with Crippen molar-refractivity contribution in [2.24, 2.45) is 5.73 Å². The molecule has 0 aliphatic rings. The van der Waals surface area contributed by atoms with Crippen molar-refractivity contribution >= 4 is 26.6 Å². The van der Waals surface area contributed by atoms with Gasteiger partial charge in [-0.25, -0.2) is 32.2 Å². The van der Waals surface area contributed by atoms with E-state index in [9.17, 15) is 17.2 Å². The van der Waals surface area contributed by atoms with E-state index in [1.807, 2.05) is 13.0 Å². The lowest BCUT2D eigenvalue weighted by Crippen LogP contribution is -2.15. The summed E-state index contributed by atoms with van der Waals surface area (Å²) in [4.78, 5) is 12.2. The van der Waals surface area contributed by atoms with Crippen LogP contribution in [0, 0.1) is 18.6 Å². The van der Waals surface area contributed by atoms with Gasteiger partial charge >= 0.3 is 0 Å². The molecule has 0 atom stereocenters. The summed E-state index contributed by atoms with van der Waals surface area (Å²) in [7, 11) is -3.10. The Labute approximate surface area is 225 Å². The summed E-state index contributed by atoms with van der Waals surface area (Å²) in [5.41, 5.74) is 8.13. The molecule has 0 bridgehead atoms. The van der Waals surface area contributed by atoms with Crippen molar-refractivity contribution in [2.45, 2.75) is 37.5 Å². The van der Waals surface area contributed by atoms with Crippen LogP contribution in [0.2, 0.25) is 0 Å². The number of aromatic nitrogens is 3. The topological polar surface area (TPSA) is 129 Å². The highest BCUT2D eigenvalue weighted by molar-refractivity contribution is 7.92. The van der Waals surface area contributed by atoms with Crippen LogP contribution in [0.25, 0.3) is 22.0 Å². The second kappa shape index (κ2) is 12.3. The standard InChI is InChI=1S/C27H29F2N5O4S/c1-17-21-11-18(13-24(26(21)33-16-32-17)38-10-6-4-3-5-9-30)19-12-23(27(37-2)31-15-19)34-39(35,36)25-8-7-20(28)14-22(25)29/h7-8,11-16,34H,3-6,9-10,30H2,1-2H3. The number of aryl methyl sites for hydroxylation is 1. The van der Waals surface area contributed by atoms with Gasteiger partial charge in [0.2, 0.25) is 5.88 Å². The maximum atomic E-state index is 14.3. The number of pyridine rings is 1. The molecule has 0 spiro atoms. The number of hydrogen-bond donors (Lipinski definition) is 2. The molecule has 2 aromatic heterocycles. The van der Waals surface area contributed by atoms with Crippen LogP contribution in [0.3, 0.4) is 0 Å². The maximum absolute atomic E-state index is 14.3. The van der Waals surface area contributed by atoms with Crippen molar-refractivity contribution in [3.8, 4) is 22.8 Å². The van der Waals surface area contributed by atoms with E-state index in [0.717, 1.165) is 48.9 Å². The van der Waals surface area contributed by atoms with Gasteiger partial charge in [-0.1, -0.05) is 12.8 Å². The number of fused-ring (bicyclic) bond motifs is 1. The number of rotatable bonds is 12. The van der Waals surface area contributed by atoms with Gasteiger partial charge in [0.1, 0.15) is 39.8 Å². The highest BCUT2D eigenvalue weighted by Gasteiger charge is 2.22. The molecule has 0 amide bonds. The Morgan fingerprint density at radius 1 is 0.974 bits per heavy atom. The number of halogens is 2. The molecule has 4 rings (SSSR count). The number of nitrogens with two attached hydrogens (primary N) is 1. The third-order valence-corrected chi connectivity index (χ3v) is 7.46. The molecule has 0 saturated heterocycles. The van der Waals surface area contributed by atoms with Crippen LogP contribution in [0.5, 0.6) is 11.6 Å². The van der Waals surface area contributed by atoms with Crippen molar-refractivity contribution in [3.63, 3.8) is 0 Å². The normalized spacial score (nSPS) is 11.5. The predicted octanol–water partition coefficient (Wildman–Crippen LogP) is 4.99. The third kappa shape index (κ3) is 6.58. The summed E-state index contributed by atoms with van der Waals surface area (Å²) >= 11 is 0. The zero-order chi connectivity index (χ0) is 28.0. The van der Waals surface area contributed by atoms with Gasteiger partial charge in [0.15, 0.2) is 0 Å². The average Bonchev–Trinajstić information content (AvgIpc) is 2.90. The van der Waals surface area contributed by atoms with Gasteiger partial charge in [0.25, 0.3) is 10.0 Å². The monoisotopic (exact) mass is 557 g/mol. The molecule has 0 radical (unpaired) electrons. The maximum Gasteiger partial charge on any atom is 0.264 e. The largest absolute Gasteiger partial charge is 0.491 e. The Hall–Kier alpha value is -3.90. The molecule has 0 aliphatic carbocycles. The molecule has 0 saturated carbocycles. The van der Waals surface area contributed by atoms with E-state index in [1.165, 1.54) is 25.7 Å². The molecule has 9 nitrogen and oxygen atoms in total. The van der Waals surface area contributed by atoms with E-state index >= 15 is 0 Å². The van der Waals surface area contributed by atoms with E-state index in [0.29, 0.717) is 41.6 Å². The first-order valence-corrected chi connectivity index (χ1v) is 13.8. The molecule has 2 aromatic carbocycles. The molecule has 2 heterocycles. The Balaban J connectivity index is 1.70. The first kappa shape index (κ1) is 28.1. The fourth-order valence-corrected chi connectivity index (χ4v) is 5.17. The Morgan fingerprint density at radius 2 is 1.77 bits per heavy atom. The van der Waals surface area contributed by atoms with Crippen molar-refractivity contribution in [2.75, 3.05) is 25.0 Å². The number of nitrogens with zero attached hydrogens (tertiary/aromatic N) is 3. The zero-order valence-corrected chi connectivity index (χ0v) is 22.4. The van der Waals surface area contributed by atoms with Crippen LogP contribution < -0.4 is 19.9 Å². The van der Waals surface area contributed by atoms with Crippen molar-refractivity contribution in [3.05, 3.63) is 66.3 Å². The molecule has 0 aliphatic heterocycles. The molecule has 4 aromatic rings. The van der Waals surface area contributed by atoms with Crippen LogP contribution in [0.15, 0.2) is 53.8 Å². The number of unbranched alkanes of at least 4 members (excludes halogenated alkanes) is 3. The number of methoxy groups -OCH3 is 1. The number of ether oxygens (including phenoxy) is 2. The van der Waals surface area contributed by atoms with E-state index in [2.05, 4.69) is 19.7 Å². The van der Waals surface area contributed by atoms with Gasteiger partial charge in [-0.05, 0) is 62.2 Å². The predicted molar refractivity (Wildman–Crippen MR) is 144 cm³/mol. The van der Waals surface area contributed by atoms with E-state index < -0.39 is 26.6 Å². The summed E-state index contributed by atoms with van der Waals surface area (Å²) in [6.07, 6.45) is 6.83. The molecule has 12 heteroatoms. The molecule has 206 valence electrons. The number of sulfonamides is 1. The second-order valence-corrected chi connectivity index (χ2v) is 10.5. The Morgan fingerprint density at radius 3 is 2.51 bits per heavy atom. The van der Waals surface area contributed by atoms with Gasteiger partial charge < -0.3 is 15.2 Å². The summed E-state index contributed by atoms with van der Waals surface area (Å²) in [5, 5.41) is 0.763. The van der Waals surface area contributed by atoms with Crippen molar-refractivity contribution < 1.29 is 26.7 Å². The first-order valence-electron chi connectivity index (χ1n) is 12.3. The number of nitrogens with one attached hydrogen (secondary N) is 1. The van der Waals surface area contributed by atoms with Gasteiger partial charge in [-0.3, -0.25) is 4.72 Å². The lowest BCUT2D eigenvalue weighted by atomic mass is 10.0. The number of anilines is 1. The fraction of sp³-hybridized carbons (Fsp3) is 0.296. The fourth-order valence-electron chi connectivity index (χ4n) is 4.06. The molecule has 0 fully saturated rings. The van der Waals surface area contributed by atoms with Gasteiger partial charge in [-0.2, -0.15) is 0 Å². The first-order chi connectivity index (χ1) is 18.7. The van der Waals surface area contributed by atoms with Gasteiger partial charge in [0, 0.05) is 28.9 Å². The summed E-state index contributed by atoms with van der Waals surface area (Å²) in [6.45, 7) is 3.01. The van der Waals surface area contributed by atoms with Crippen molar-refractivity contribution in [1.82, 2.24) is 15.0 Å². The van der Waals surface area contributed by atoms with Gasteiger partial charge in [-0.15, -0.1) is 0 Å². The molecular formula is C27H29F2N5O4S.